The molecule has 96 valence electrons. The predicted molar refractivity (Wildman–Crippen MR) is 70.2 cm³/mol. The molecule has 5 nitrogen and oxygen atoms in total. The third kappa shape index (κ3) is 2.61. The van der Waals surface area contributed by atoms with Crippen molar-refractivity contribution in [1.82, 2.24) is 4.98 Å². The van der Waals surface area contributed by atoms with Gasteiger partial charge in [0.1, 0.15) is 0 Å². The molecule has 0 amide bonds. The fraction of sp³-hybridized carbons (Fsp3) is 0.700. The molecule has 1 atom stereocenters. The van der Waals surface area contributed by atoms with E-state index < -0.39 is 9.84 Å². The minimum Gasteiger partial charge on any atom is -0.347 e. The summed E-state index contributed by atoms with van der Waals surface area (Å²) in [6.07, 6.45) is 0.690. The lowest BCUT2D eigenvalue weighted by atomic mass is 10.2. The highest BCUT2D eigenvalue weighted by atomic mass is 32.2. The summed E-state index contributed by atoms with van der Waals surface area (Å²) < 4.78 is 22.9. The molecular formula is C10H17N3O2S2. The molecule has 0 bridgehead atoms. The fourth-order valence-electron chi connectivity index (χ4n) is 1.99. The van der Waals surface area contributed by atoms with Crippen LogP contribution in [0.5, 0.6) is 0 Å². The molecule has 17 heavy (non-hydrogen) atoms. The Kier molecular flexibility index (Phi) is 3.42. The Morgan fingerprint density at radius 2 is 2.29 bits per heavy atom. The largest absolute Gasteiger partial charge is 0.347 e. The first-order valence-electron chi connectivity index (χ1n) is 5.52. The van der Waals surface area contributed by atoms with Gasteiger partial charge in [0.2, 0.25) is 0 Å². The zero-order valence-corrected chi connectivity index (χ0v) is 11.6. The Hall–Kier alpha value is -0.660. The van der Waals surface area contributed by atoms with Crippen molar-refractivity contribution in [3.05, 3.63) is 10.6 Å². The fourth-order valence-corrected chi connectivity index (χ4v) is 4.74. The van der Waals surface area contributed by atoms with Gasteiger partial charge in [-0.2, -0.15) is 0 Å². The zero-order valence-electron chi connectivity index (χ0n) is 10.0. The first-order valence-corrected chi connectivity index (χ1v) is 8.16. The first kappa shape index (κ1) is 12.8. The van der Waals surface area contributed by atoms with Crippen molar-refractivity contribution < 1.29 is 8.42 Å². The molecular weight excluding hydrogens is 258 g/mol. The number of hydrogen-bond acceptors (Lipinski definition) is 6. The summed E-state index contributed by atoms with van der Waals surface area (Å²) in [6.45, 7) is 2.42. The number of sulfone groups is 1. The third-order valence-electron chi connectivity index (χ3n) is 3.12. The summed E-state index contributed by atoms with van der Waals surface area (Å²) in [7, 11) is -0.940. The number of nitrogens with two attached hydrogens (primary N) is 1. The van der Waals surface area contributed by atoms with Gasteiger partial charge < -0.3 is 10.6 Å². The average Bonchev–Trinajstić information content (AvgIpc) is 2.80. The molecule has 2 rings (SSSR count). The standard InChI is InChI=1S/C10H17N3O2S2/c1-7-9(5-11)16-10(12-7)13(2)8-3-4-17(14,15)6-8/h8H,3-6,11H2,1-2H3. The maximum Gasteiger partial charge on any atom is 0.185 e. The van der Waals surface area contributed by atoms with Gasteiger partial charge in [0, 0.05) is 24.5 Å². The lowest BCUT2D eigenvalue weighted by molar-refractivity contribution is 0.601. The second-order valence-electron chi connectivity index (χ2n) is 4.38. The van der Waals surface area contributed by atoms with E-state index in [0.717, 1.165) is 15.7 Å². The monoisotopic (exact) mass is 275 g/mol. The van der Waals surface area contributed by atoms with E-state index in [9.17, 15) is 8.42 Å². The van der Waals surface area contributed by atoms with Gasteiger partial charge in [-0.1, -0.05) is 0 Å². The van der Waals surface area contributed by atoms with E-state index in [1.807, 2.05) is 18.9 Å². The summed E-state index contributed by atoms with van der Waals surface area (Å²) in [5, 5.41) is 0.866. The molecule has 1 unspecified atom stereocenters. The maximum atomic E-state index is 11.4. The maximum absolute atomic E-state index is 11.4. The molecule has 1 saturated heterocycles. The van der Waals surface area contributed by atoms with Crippen molar-refractivity contribution in [1.29, 1.82) is 0 Å². The van der Waals surface area contributed by atoms with Gasteiger partial charge >= 0.3 is 0 Å². The predicted octanol–water partition coefficient (Wildman–Crippen LogP) is 0.534. The molecule has 0 radical (unpaired) electrons. The number of anilines is 1. The molecule has 0 spiro atoms. The molecule has 2 N–H and O–H groups in total. The van der Waals surface area contributed by atoms with Gasteiger partial charge in [0.15, 0.2) is 15.0 Å². The zero-order chi connectivity index (χ0) is 12.6. The molecule has 1 aliphatic heterocycles. The molecule has 0 aliphatic carbocycles. The summed E-state index contributed by atoms with van der Waals surface area (Å²) >= 11 is 1.55. The van der Waals surface area contributed by atoms with Crippen molar-refractivity contribution >= 4 is 26.3 Å². The lowest BCUT2D eigenvalue weighted by Gasteiger charge is -2.22. The van der Waals surface area contributed by atoms with E-state index in [2.05, 4.69) is 4.98 Å². The Balaban J connectivity index is 2.17. The quantitative estimate of drug-likeness (QED) is 0.871. The Morgan fingerprint density at radius 3 is 2.76 bits per heavy atom. The van der Waals surface area contributed by atoms with Crippen LogP contribution in [-0.2, 0) is 16.4 Å². The third-order valence-corrected chi connectivity index (χ3v) is 6.15. The summed E-state index contributed by atoms with van der Waals surface area (Å²) in [5.74, 6) is 0.524. The van der Waals surface area contributed by atoms with Gasteiger partial charge in [-0.25, -0.2) is 13.4 Å². The van der Waals surface area contributed by atoms with Gasteiger partial charge in [-0.05, 0) is 13.3 Å². The van der Waals surface area contributed by atoms with Crippen molar-refractivity contribution in [3.63, 3.8) is 0 Å². The van der Waals surface area contributed by atoms with Crippen LogP contribution in [0.15, 0.2) is 0 Å². The van der Waals surface area contributed by atoms with E-state index >= 15 is 0 Å². The molecule has 7 heteroatoms. The summed E-state index contributed by atoms with van der Waals surface area (Å²) in [4.78, 5) is 7.48. The molecule has 2 heterocycles. The number of aryl methyl sites for hydroxylation is 1. The number of thiazole rings is 1. The van der Waals surface area contributed by atoms with E-state index in [0.29, 0.717) is 13.0 Å². The SMILES string of the molecule is Cc1nc(N(C)C2CCS(=O)(=O)C2)sc1CN. The second-order valence-corrected chi connectivity index (χ2v) is 7.67. The van der Waals surface area contributed by atoms with Crippen molar-refractivity contribution in [3.8, 4) is 0 Å². The number of nitrogens with zero attached hydrogens (tertiary/aromatic N) is 2. The average molecular weight is 275 g/mol. The smallest absolute Gasteiger partial charge is 0.185 e. The normalized spacial score (nSPS) is 22.9. The molecule has 0 saturated carbocycles. The van der Waals surface area contributed by atoms with Gasteiger partial charge in [-0.3, -0.25) is 0 Å². The summed E-state index contributed by atoms with van der Waals surface area (Å²) in [5.41, 5.74) is 6.56. The molecule has 1 fully saturated rings. The van der Waals surface area contributed by atoms with Crippen LogP contribution >= 0.6 is 11.3 Å². The van der Waals surface area contributed by atoms with E-state index in [1.54, 1.807) is 11.3 Å². The van der Waals surface area contributed by atoms with Crippen LogP contribution in [-0.4, -0.2) is 38.0 Å². The van der Waals surface area contributed by atoms with Crippen LogP contribution in [0.2, 0.25) is 0 Å². The van der Waals surface area contributed by atoms with Crippen LogP contribution in [0.3, 0.4) is 0 Å². The van der Waals surface area contributed by atoms with Gasteiger partial charge in [0.05, 0.1) is 17.2 Å². The highest BCUT2D eigenvalue weighted by Crippen LogP contribution is 2.28. The molecule has 1 aromatic rings. The van der Waals surface area contributed by atoms with Crippen molar-refractivity contribution in [2.45, 2.75) is 25.9 Å². The van der Waals surface area contributed by atoms with Crippen LogP contribution in [0.25, 0.3) is 0 Å². The minimum absolute atomic E-state index is 0.0520. The molecule has 1 aliphatic rings. The number of rotatable bonds is 3. The summed E-state index contributed by atoms with van der Waals surface area (Å²) in [6, 6.07) is 0.0520. The van der Waals surface area contributed by atoms with Crippen molar-refractivity contribution in [2.75, 3.05) is 23.5 Å². The minimum atomic E-state index is -2.85. The Labute approximate surface area is 106 Å². The van der Waals surface area contributed by atoms with E-state index in [-0.39, 0.29) is 17.5 Å². The van der Waals surface area contributed by atoms with E-state index in [1.165, 1.54) is 0 Å². The van der Waals surface area contributed by atoms with Gasteiger partial charge in [-0.15, -0.1) is 11.3 Å². The highest BCUT2D eigenvalue weighted by molar-refractivity contribution is 7.91. The van der Waals surface area contributed by atoms with Crippen molar-refractivity contribution in [2.24, 2.45) is 5.73 Å². The second kappa shape index (κ2) is 4.55. The van der Waals surface area contributed by atoms with E-state index in [4.69, 9.17) is 5.73 Å². The van der Waals surface area contributed by atoms with Gasteiger partial charge in [0.25, 0.3) is 0 Å². The number of aromatic nitrogens is 1. The Morgan fingerprint density at radius 1 is 1.59 bits per heavy atom. The van der Waals surface area contributed by atoms with Crippen LogP contribution in [0.1, 0.15) is 17.0 Å². The number of hydrogen-bond donors (Lipinski definition) is 1. The first-order chi connectivity index (χ1) is 7.93. The van der Waals surface area contributed by atoms with Crippen LogP contribution in [0, 0.1) is 6.92 Å². The van der Waals surface area contributed by atoms with Crippen LogP contribution < -0.4 is 10.6 Å². The topological polar surface area (TPSA) is 76.3 Å². The lowest BCUT2D eigenvalue weighted by Crippen LogP contribution is -2.32. The highest BCUT2D eigenvalue weighted by Gasteiger charge is 2.31. The molecule has 0 aromatic carbocycles. The van der Waals surface area contributed by atoms with Crippen LogP contribution in [0.4, 0.5) is 5.13 Å². The Bertz CT molecular complexity index is 510. The molecule has 1 aromatic heterocycles.